The normalized spacial score (nSPS) is 16.0. The Bertz CT molecular complexity index is 584. The van der Waals surface area contributed by atoms with E-state index in [0.29, 0.717) is 0 Å². The fourth-order valence-electron chi connectivity index (χ4n) is 1.85. The summed E-state index contributed by atoms with van der Waals surface area (Å²) in [4.78, 5) is 12.0. The molecule has 0 aromatic heterocycles. The molecule has 21 heavy (non-hydrogen) atoms. The van der Waals surface area contributed by atoms with Crippen molar-refractivity contribution in [3.63, 3.8) is 0 Å². The molecular weight excluding hydrogens is 290 g/mol. The average Bonchev–Trinajstić information content (AvgIpc) is 2.44. The first kappa shape index (κ1) is 17.6. The number of sulfonamides is 1. The highest BCUT2D eigenvalue weighted by Gasteiger charge is 2.21. The van der Waals surface area contributed by atoms with Crippen LogP contribution in [-0.2, 0) is 14.8 Å². The lowest BCUT2D eigenvalue weighted by molar-refractivity contribution is -0.124. The van der Waals surface area contributed by atoms with Crippen molar-refractivity contribution in [3.05, 3.63) is 29.8 Å². The molecule has 3 atom stereocenters. The van der Waals surface area contributed by atoms with E-state index in [1.807, 2.05) is 20.8 Å². The SMILES string of the molecule is CCC(C)C(N)C(=O)NC(C)c1ccc(S(N)(=O)=O)cc1. The molecule has 1 aromatic carbocycles. The molecule has 6 nitrogen and oxygen atoms in total. The molecule has 0 aliphatic heterocycles. The summed E-state index contributed by atoms with van der Waals surface area (Å²) >= 11 is 0. The van der Waals surface area contributed by atoms with Gasteiger partial charge in [-0.25, -0.2) is 13.6 Å². The van der Waals surface area contributed by atoms with Crippen molar-refractivity contribution < 1.29 is 13.2 Å². The fourth-order valence-corrected chi connectivity index (χ4v) is 2.37. The van der Waals surface area contributed by atoms with E-state index in [-0.39, 0.29) is 22.8 Å². The molecule has 1 rings (SSSR count). The molecule has 0 aliphatic carbocycles. The van der Waals surface area contributed by atoms with Crippen LogP contribution in [0.3, 0.4) is 0 Å². The number of amides is 1. The molecule has 0 saturated heterocycles. The van der Waals surface area contributed by atoms with Gasteiger partial charge in [-0.05, 0) is 30.5 Å². The lowest BCUT2D eigenvalue weighted by Gasteiger charge is -2.21. The zero-order valence-corrected chi connectivity index (χ0v) is 13.4. The number of hydrogen-bond donors (Lipinski definition) is 3. The summed E-state index contributed by atoms with van der Waals surface area (Å²) in [5, 5.41) is 7.86. The first-order valence-electron chi connectivity index (χ1n) is 6.85. The van der Waals surface area contributed by atoms with E-state index in [4.69, 9.17) is 10.9 Å². The van der Waals surface area contributed by atoms with Crippen molar-refractivity contribution >= 4 is 15.9 Å². The number of carbonyl (C=O) groups excluding carboxylic acids is 1. The smallest absolute Gasteiger partial charge is 0.238 e. The third kappa shape index (κ3) is 4.80. The van der Waals surface area contributed by atoms with E-state index >= 15 is 0 Å². The molecule has 118 valence electrons. The maximum Gasteiger partial charge on any atom is 0.238 e. The molecule has 0 radical (unpaired) electrons. The largest absolute Gasteiger partial charge is 0.348 e. The Morgan fingerprint density at radius 3 is 2.19 bits per heavy atom. The summed E-state index contributed by atoms with van der Waals surface area (Å²) in [6.07, 6.45) is 0.825. The quantitative estimate of drug-likeness (QED) is 0.723. The summed E-state index contributed by atoms with van der Waals surface area (Å²) in [6, 6.07) is 5.27. The van der Waals surface area contributed by atoms with E-state index in [1.54, 1.807) is 12.1 Å². The Balaban J connectivity index is 2.76. The highest BCUT2D eigenvalue weighted by molar-refractivity contribution is 7.89. The Hall–Kier alpha value is -1.44. The molecule has 0 fully saturated rings. The zero-order chi connectivity index (χ0) is 16.2. The van der Waals surface area contributed by atoms with Crippen molar-refractivity contribution in [3.8, 4) is 0 Å². The van der Waals surface area contributed by atoms with Crippen LogP contribution in [-0.4, -0.2) is 20.4 Å². The zero-order valence-electron chi connectivity index (χ0n) is 12.5. The van der Waals surface area contributed by atoms with E-state index in [9.17, 15) is 13.2 Å². The van der Waals surface area contributed by atoms with Gasteiger partial charge in [0.25, 0.3) is 0 Å². The lowest BCUT2D eigenvalue weighted by atomic mass is 9.98. The van der Waals surface area contributed by atoms with Crippen LogP contribution in [0, 0.1) is 5.92 Å². The van der Waals surface area contributed by atoms with Gasteiger partial charge >= 0.3 is 0 Å². The van der Waals surface area contributed by atoms with Crippen LogP contribution >= 0.6 is 0 Å². The van der Waals surface area contributed by atoms with Crippen molar-refractivity contribution in [2.45, 2.75) is 44.2 Å². The maximum absolute atomic E-state index is 12.0. The first-order chi connectivity index (χ1) is 9.66. The Morgan fingerprint density at radius 2 is 1.76 bits per heavy atom. The fraction of sp³-hybridized carbons (Fsp3) is 0.500. The molecule has 0 bridgehead atoms. The standard InChI is InChI=1S/C14H23N3O3S/c1-4-9(2)13(15)14(18)17-10(3)11-5-7-12(8-6-11)21(16,19)20/h5-10,13H,4,15H2,1-3H3,(H,17,18)(H2,16,19,20). The van der Waals surface area contributed by atoms with Crippen LogP contribution < -0.4 is 16.2 Å². The molecule has 0 spiro atoms. The van der Waals surface area contributed by atoms with Gasteiger partial charge < -0.3 is 11.1 Å². The average molecular weight is 313 g/mol. The van der Waals surface area contributed by atoms with Crippen molar-refractivity contribution in [1.82, 2.24) is 5.32 Å². The van der Waals surface area contributed by atoms with Crippen LogP contribution in [0.1, 0.15) is 38.8 Å². The van der Waals surface area contributed by atoms with Gasteiger partial charge in [0.1, 0.15) is 0 Å². The summed E-state index contributed by atoms with van der Waals surface area (Å²) in [7, 11) is -3.70. The van der Waals surface area contributed by atoms with Gasteiger partial charge in [-0.15, -0.1) is 0 Å². The third-order valence-electron chi connectivity index (χ3n) is 3.63. The summed E-state index contributed by atoms with van der Waals surface area (Å²) in [5.41, 5.74) is 6.66. The Kier molecular flexibility index (Phi) is 5.88. The second-order valence-corrected chi connectivity index (χ2v) is 6.82. The number of nitrogens with one attached hydrogen (secondary N) is 1. The molecule has 1 amide bonds. The molecule has 0 aliphatic rings. The molecule has 0 heterocycles. The number of rotatable bonds is 6. The van der Waals surface area contributed by atoms with Gasteiger partial charge in [-0.3, -0.25) is 4.79 Å². The number of hydrogen-bond acceptors (Lipinski definition) is 4. The second kappa shape index (κ2) is 7.02. The molecule has 7 heteroatoms. The van der Waals surface area contributed by atoms with Gasteiger partial charge in [0, 0.05) is 0 Å². The number of nitrogens with two attached hydrogens (primary N) is 2. The minimum atomic E-state index is -3.70. The van der Waals surface area contributed by atoms with Crippen LogP contribution in [0.2, 0.25) is 0 Å². The van der Waals surface area contributed by atoms with Crippen LogP contribution in [0.4, 0.5) is 0 Å². The van der Waals surface area contributed by atoms with Crippen LogP contribution in [0.25, 0.3) is 0 Å². The van der Waals surface area contributed by atoms with Gasteiger partial charge in [0.2, 0.25) is 15.9 Å². The third-order valence-corrected chi connectivity index (χ3v) is 4.56. The monoisotopic (exact) mass is 313 g/mol. The van der Waals surface area contributed by atoms with Gasteiger partial charge in [0.05, 0.1) is 17.0 Å². The van der Waals surface area contributed by atoms with Gasteiger partial charge in [-0.2, -0.15) is 0 Å². The summed E-state index contributed by atoms with van der Waals surface area (Å²) < 4.78 is 22.4. The number of benzene rings is 1. The highest BCUT2D eigenvalue weighted by atomic mass is 32.2. The van der Waals surface area contributed by atoms with Gasteiger partial charge in [-0.1, -0.05) is 32.4 Å². The van der Waals surface area contributed by atoms with E-state index in [1.165, 1.54) is 12.1 Å². The first-order valence-corrected chi connectivity index (χ1v) is 8.40. The summed E-state index contributed by atoms with van der Waals surface area (Å²) in [6.45, 7) is 5.72. The molecular formula is C14H23N3O3S. The van der Waals surface area contributed by atoms with Crippen molar-refractivity contribution in [2.24, 2.45) is 16.8 Å². The van der Waals surface area contributed by atoms with Gasteiger partial charge in [0.15, 0.2) is 0 Å². The highest BCUT2D eigenvalue weighted by Crippen LogP contribution is 2.16. The number of carbonyl (C=O) groups is 1. The van der Waals surface area contributed by atoms with Crippen LogP contribution in [0.15, 0.2) is 29.2 Å². The molecule has 0 saturated carbocycles. The topological polar surface area (TPSA) is 115 Å². The number of primary sulfonamides is 1. The second-order valence-electron chi connectivity index (χ2n) is 5.26. The molecule has 3 unspecified atom stereocenters. The van der Waals surface area contributed by atoms with Crippen molar-refractivity contribution in [2.75, 3.05) is 0 Å². The summed E-state index contributed by atoms with van der Waals surface area (Å²) in [5.74, 6) is -0.116. The Labute approximate surface area is 126 Å². The maximum atomic E-state index is 12.0. The van der Waals surface area contributed by atoms with E-state index in [2.05, 4.69) is 5.32 Å². The minimum absolute atomic E-state index is 0.0427. The van der Waals surface area contributed by atoms with E-state index in [0.717, 1.165) is 12.0 Å². The molecule has 5 N–H and O–H groups in total. The lowest BCUT2D eigenvalue weighted by Crippen LogP contribution is -2.45. The predicted molar refractivity (Wildman–Crippen MR) is 81.8 cm³/mol. The Morgan fingerprint density at radius 1 is 1.24 bits per heavy atom. The molecule has 1 aromatic rings. The predicted octanol–water partition coefficient (Wildman–Crippen LogP) is 0.885. The van der Waals surface area contributed by atoms with Crippen molar-refractivity contribution in [1.29, 1.82) is 0 Å². The van der Waals surface area contributed by atoms with E-state index < -0.39 is 16.1 Å². The minimum Gasteiger partial charge on any atom is -0.348 e. The van der Waals surface area contributed by atoms with Crippen LogP contribution in [0.5, 0.6) is 0 Å².